The molecule has 0 saturated carbocycles. The summed E-state index contributed by atoms with van der Waals surface area (Å²) in [4.78, 5) is 12.8. The Morgan fingerprint density at radius 2 is 2.00 bits per heavy atom. The van der Waals surface area contributed by atoms with Crippen molar-refractivity contribution in [2.24, 2.45) is 18.1 Å². The molecule has 3 rings (SSSR count). The SMILES string of the molecule is Cc1ccc(S(=O)(=O)N2CCC[C@H](C(=O)N/N=C\c3cc(C#N)n(C)c3C)C2)cc1. The quantitative estimate of drug-likeness (QED) is 0.582. The topological polar surface area (TPSA) is 108 Å². The molecule has 1 N–H and O–H groups in total. The molecule has 1 aromatic carbocycles. The molecule has 1 amide bonds. The van der Waals surface area contributed by atoms with E-state index in [1.807, 2.05) is 13.8 Å². The average Bonchev–Trinajstić information content (AvgIpc) is 3.02. The zero-order valence-electron chi connectivity index (χ0n) is 17.3. The van der Waals surface area contributed by atoms with Gasteiger partial charge in [0, 0.05) is 31.4 Å². The molecule has 1 atom stereocenters. The highest BCUT2D eigenvalue weighted by molar-refractivity contribution is 7.89. The van der Waals surface area contributed by atoms with Crippen molar-refractivity contribution in [1.29, 1.82) is 5.26 Å². The minimum absolute atomic E-state index is 0.126. The summed E-state index contributed by atoms with van der Waals surface area (Å²) < 4.78 is 28.9. The summed E-state index contributed by atoms with van der Waals surface area (Å²) in [6.45, 7) is 4.28. The maximum Gasteiger partial charge on any atom is 0.244 e. The number of hydrogen-bond donors (Lipinski definition) is 1. The van der Waals surface area contributed by atoms with Crippen molar-refractivity contribution in [3.8, 4) is 6.07 Å². The summed E-state index contributed by atoms with van der Waals surface area (Å²) in [7, 11) is -1.85. The van der Waals surface area contributed by atoms with Crippen molar-refractivity contribution >= 4 is 22.1 Å². The molecule has 2 heterocycles. The Balaban J connectivity index is 1.66. The van der Waals surface area contributed by atoms with Crippen LogP contribution in [-0.2, 0) is 21.9 Å². The van der Waals surface area contributed by atoms with Crippen molar-refractivity contribution in [2.45, 2.75) is 31.6 Å². The van der Waals surface area contributed by atoms with E-state index in [0.29, 0.717) is 25.1 Å². The van der Waals surface area contributed by atoms with Crippen LogP contribution in [0.2, 0.25) is 0 Å². The smallest absolute Gasteiger partial charge is 0.244 e. The number of rotatable bonds is 5. The van der Waals surface area contributed by atoms with E-state index in [0.717, 1.165) is 16.8 Å². The molecule has 0 bridgehead atoms. The number of aryl methyl sites for hydroxylation is 1. The number of sulfonamides is 1. The van der Waals surface area contributed by atoms with Gasteiger partial charge in [-0.05, 0) is 44.9 Å². The van der Waals surface area contributed by atoms with Gasteiger partial charge in [-0.25, -0.2) is 13.8 Å². The van der Waals surface area contributed by atoms with E-state index in [-0.39, 0.29) is 17.3 Å². The predicted molar refractivity (Wildman–Crippen MR) is 113 cm³/mol. The molecule has 1 aliphatic heterocycles. The number of hydrogen-bond acceptors (Lipinski definition) is 5. The van der Waals surface area contributed by atoms with Gasteiger partial charge in [-0.3, -0.25) is 4.79 Å². The van der Waals surface area contributed by atoms with Crippen LogP contribution in [0.1, 0.15) is 35.4 Å². The van der Waals surface area contributed by atoms with Crippen LogP contribution < -0.4 is 5.43 Å². The van der Waals surface area contributed by atoms with Gasteiger partial charge in [-0.15, -0.1) is 0 Å². The third-order valence-corrected chi connectivity index (χ3v) is 7.36. The van der Waals surface area contributed by atoms with Crippen LogP contribution in [0.4, 0.5) is 0 Å². The third-order valence-electron chi connectivity index (χ3n) is 5.48. The average molecular weight is 428 g/mol. The molecule has 30 heavy (non-hydrogen) atoms. The van der Waals surface area contributed by atoms with E-state index < -0.39 is 15.9 Å². The van der Waals surface area contributed by atoms with Crippen LogP contribution in [0.25, 0.3) is 0 Å². The highest BCUT2D eigenvalue weighted by Gasteiger charge is 2.33. The Morgan fingerprint density at radius 3 is 2.63 bits per heavy atom. The van der Waals surface area contributed by atoms with Crippen molar-refractivity contribution in [3.05, 3.63) is 52.8 Å². The van der Waals surface area contributed by atoms with Gasteiger partial charge in [0.2, 0.25) is 15.9 Å². The standard InChI is InChI=1S/C21H25N5O3S/c1-15-6-8-20(9-7-15)30(28,29)26-10-4-5-17(14-26)21(27)24-23-13-18-11-19(12-22)25(3)16(18)2/h6-9,11,13,17H,4-5,10,14H2,1-3H3,(H,24,27)/b23-13-/t17-/m0/s1. The highest BCUT2D eigenvalue weighted by atomic mass is 32.2. The lowest BCUT2D eigenvalue weighted by atomic mass is 9.99. The second-order valence-corrected chi connectivity index (χ2v) is 9.43. The van der Waals surface area contributed by atoms with Gasteiger partial charge in [0.05, 0.1) is 17.0 Å². The third kappa shape index (κ3) is 4.45. The fourth-order valence-electron chi connectivity index (χ4n) is 3.45. The van der Waals surface area contributed by atoms with Gasteiger partial charge in [0.15, 0.2) is 0 Å². The largest absolute Gasteiger partial charge is 0.339 e. The lowest BCUT2D eigenvalue weighted by Gasteiger charge is -2.30. The van der Waals surface area contributed by atoms with Crippen LogP contribution in [0.3, 0.4) is 0 Å². The van der Waals surface area contributed by atoms with Crippen LogP contribution in [0.5, 0.6) is 0 Å². The highest BCUT2D eigenvalue weighted by Crippen LogP contribution is 2.24. The number of nitriles is 1. The van der Waals surface area contributed by atoms with Crippen LogP contribution in [0.15, 0.2) is 40.3 Å². The van der Waals surface area contributed by atoms with Gasteiger partial charge >= 0.3 is 0 Å². The molecule has 8 nitrogen and oxygen atoms in total. The lowest BCUT2D eigenvalue weighted by Crippen LogP contribution is -2.44. The van der Waals surface area contributed by atoms with Gasteiger partial charge in [0.25, 0.3) is 0 Å². The first-order valence-corrected chi connectivity index (χ1v) is 11.1. The summed E-state index contributed by atoms with van der Waals surface area (Å²) in [5, 5.41) is 13.1. The maximum atomic E-state index is 12.9. The Morgan fingerprint density at radius 1 is 1.30 bits per heavy atom. The normalized spacial score (nSPS) is 17.7. The van der Waals surface area contributed by atoms with Crippen LogP contribution in [0, 0.1) is 31.1 Å². The number of benzene rings is 1. The molecule has 9 heteroatoms. The number of nitrogens with one attached hydrogen (secondary N) is 1. The summed E-state index contributed by atoms with van der Waals surface area (Å²) in [6.07, 6.45) is 2.71. The van der Waals surface area contributed by atoms with E-state index in [2.05, 4.69) is 16.6 Å². The number of carbonyl (C=O) groups excluding carboxylic acids is 1. The van der Waals surface area contributed by atoms with Crippen molar-refractivity contribution in [1.82, 2.24) is 14.3 Å². The number of hydrazone groups is 1. The first-order chi connectivity index (χ1) is 14.2. The molecule has 0 aliphatic carbocycles. The monoisotopic (exact) mass is 427 g/mol. The Kier molecular flexibility index (Phi) is 6.39. The second kappa shape index (κ2) is 8.81. The zero-order chi connectivity index (χ0) is 21.9. The van der Waals surface area contributed by atoms with Gasteiger partial charge in [0.1, 0.15) is 11.8 Å². The number of amides is 1. The molecule has 0 spiro atoms. The van der Waals surface area contributed by atoms with Gasteiger partial charge in [-0.1, -0.05) is 17.7 Å². The summed E-state index contributed by atoms with van der Waals surface area (Å²) in [5.41, 5.74) is 5.60. The summed E-state index contributed by atoms with van der Waals surface area (Å²) in [5.74, 6) is -0.785. The minimum Gasteiger partial charge on any atom is -0.339 e. The molecule has 1 saturated heterocycles. The molecule has 158 valence electrons. The van der Waals surface area contributed by atoms with E-state index in [1.54, 1.807) is 41.9 Å². The van der Waals surface area contributed by atoms with E-state index in [1.165, 1.54) is 10.5 Å². The van der Waals surface area contributed by atoms with Crippen molar-refractivity contribution in [2.75, 3.05) is 13.1 Å². The molecular weight excluding hydrogens is 402 g/mol. The van der Waals surface area contributed by atoms with E-state index >= 15 is 0 Å². The lowest BCUT2D eigenvalue weighted by molar-refractivity contribution is -0.126. The molecular formula is C21H25N5O3S. The van der Waals surface area contributed by atoms with Crippen molar-refractivity contribution in [3.63, 3.8) is 0 Å². The molecule has 2 aromatic rings. The predicted octanol–water partition coefficient (Wildman–Crippen LogP) is 2.06. The Bertz CT molecular complexity index is 1110. The van der Waals surface area contributed by atoms with Gasteiger partial charge < -0.3 is 4.57 Å². The van der Waals surface area contributed by atoms with Crippen molar-refractivity contribution < 1.29 is 13.2 Å². The van der Waals surface area contributed by atoms with Gasteiger partial charge in [-0.2, -0.15) is 14.7 Å². The number of carbonyl (C=O) groups is 1. The van der Waals surface area contributed by atoms with E-state index in [9.17, 15) is 13.2 Å². The number of piperidine rings is 1. The minimum atomic E-state index is -3.64. The number of nitrogens with zero attached hydrogens (tertiary/aromatic N) is 4. The van der Waals surface area contributed by atoms with E-state index in [4.69, 9.17) is 5.26 Å². The molecule has 1 aliphatic rings. The summed E-state index contributed by atoms with van der Waals surface area (Å²) >= 11 is 0. The fourth-order valence-corrected chi connectivity index (χ4v) is 4.98. The Hall–Kier alpha value is -2.96. The Labute approximate surface area is 176 Å². The van der Waals surface area contributed by atoms with Crippen LogP contribution in [-0.4, -0.2) is 42.5 Å². The van der Waals surface area contributed by atoms with Crippen LogP contribution >= 0.6 is 0 Å². The summed E-state index contributed by atoms with van der Waals surface area (Å²) in [6, 6.07) is 10.5. The molecule has 0 radical (unpaired) electrons. The molecule has 0 unspecified atom stereocenters. The zero-order valence-corrected chi connectivity index (χ0v) is 18.1. The molecule has 1 aromatic heterocycles. The molecule has 1 fully saturated rings. The fraction of sp³-hybridized carbons (Fsp3) is 0.381. The first-order valence-electron chi connectivity index (χ1n) is 9.70. The second-order valence-electron chi connectivity index (χ2n) is 7.49. The number of aromatic nitrogens is 1. The first kappa shape index (κ1) is 21.7. The maximum absolute atomic E-state index is 12.9.